The SMILES string of the molecule is CN=C(NCc1cc(C(=O)OC)c(C)o1)NC1CC1. The van der Waals surface area contributed by atoms with Crippen molar-refractivity contribution in [1.29, 1.82) is 0 Å². The average Bonchev–Trinajstić information content (AvgIpc) is 3.15. The number of carbonyl (C=O) groups excluding carboxylic acids is 1. The van der Waals surface area contributed by atoms with Crippen LogP contribution < -0.4 is 10.6 Å². The van der Waals surface area contributed by atoms with Gasteiger partial charge in [0.25, 0.3) is 0 Å². The van der Waals surface area contributed by atoms with Gasteiger partial charge < -0.3 is 19.8 Å². The first-order chi connectivity index (χ1) is 9.13. The van der Waals surface area contributed by atoms with Crippen LogP contribution in [0.4, 0.5) is 0 Å². The zero-order valence-electron chi connectivity index (χ0n) is 11.4. The van der Waals surface area contributed by atoms with E-state index in [9.17, 15) is 4.79 Å². The molecule has 0 saturated heterocycles. The smallest absolute Gasteiger partial charge is 0.341 e. The van der Waals surface area contributed by atoms with E-state index in [1.807, 2.05) is 0 Å². The molecular formula is C13H19N3O3. The summed E-state index contributed by atoms with van der Waals surface area (Å²) in [5.74, 6) is 1.61. The summed E-state index contributed by atoms with van der Waals surface area (Å²) in [7, 11) is 3.08. The number of rotatable bonds is 4. The number of furan rings is 1. The molecule has 1 aliphatic rings. The number of ether oxygens (including phenoxy) is 1. The topological polar surface area (TPSA) is 75.9 Å². The quantitative estimate of drug-likeness (QED) is 0.486. The molecular weight excluding hydrogens is 246 g/mol. The van der Waals surface area contributed by atoms with Crippen molar-refractivity contribution in [1.82, 2.24) is 10.6 Å². The van der Waals surface area contributed by atoms with Crippen molar-refractivity contribution in [3.63, 3.8) is 0 Å². The summed E-state index contributed by atoms with van der Waals surface area (Å²) in [4.78, 5) is 15.6. The molecule has 0 aliphatic heterocycles. The molecule has 1 aromatic heterocycles. The Morgan fingerprint density at radius 3 is 2.89 bits per heavy atom. The Kier molecular flexibility index (Phi) is 4.09. The highest BCUT2D eigenvalue weighted by atomic mass is 16.5. The van der Waals surface area contributed by atoms with Gasteiger partial charge >= 0.3 is 5.97 Å². The Morgan fingerprint density at radius 2 is 2.32 bits per heavy atom. The van der Waals surface area contributed by atoms with E-state index in [1.54, 1.807) is 20.0 Å². The Balaban J connectivity index is 1.93. The fourth-order valence-corrected chi connectivity index (χ4v) is 1.73. The Labute approximate surface area is 112 Å². The van der Waals surface area contributed by atoms with Crippen molar-refractivity contribution < 1.29 is 13.9 Å². The van der Waals surface area contributed by atoms with Crippen LogP contribution in [0.25, 0.3) is 0 Å². The van der Waals surface area contributed by atoms with Gasteiger partial charge in [0, 0.05) is 13.1 Å². The first-order valence-electron chi connectivity index (χ1n) is 6.29. The van der Waals surface area contributed by atoms with Gasteiger partial charge in [0.05, 0.1) is 13.7 Å². The lowest BCUT2D eigenvalue weighted by molar-refractivity contribution is 0.0599. The second-order valence-corrected chi connectivity index (χ2v) is 4.52. The number of nitrogens with zero attached hydrogens (tertiary/aromatic N) is 1. The molecule has 0 bridgehead atoms. The predicted octanol–water partition coefficient (Wildman–Crippen LogP) is 1.20. The average molecular weight is 265 g/mol. The minimum Gasteiger partial charge on any atom is -0.465 e. The van der Waals surface area contributed by atoms with Gasteiger partial charge in [-0.25, -0.2) is 4.79 Å². The molecule has 0 atom stereocenters. The van der Waals surface area contributed by atoms with Crippen LogP contribution in [0.15, 0.2) is 15.5 Å². The summed E-state index contributed by atoms with van der Waals surface area (Å²) in [6, 6.07) is 2.23. The molecule has 19 heavy (non-hydrogen) atoms. The van der Waals surface area contributed by atoms with Gasteiger partial charge in [-0.15, -0.1) is 0 Å². The van der Waals surface area contributed by atoms with E-state index in [0.29, 0.717) is 29.7 Å². The van der Waals surface area contributed by atoms with Crippen LogP contribution in [0.5, 0.6) is 0 Å². The van der Waals surface area contributed by atoms with E-state index in [1.165, 1.54) is 20.0 Å². The normalized spacial score (nSPS) is 15.2. The van der Waals surface area contributed by atoms with E-state index in [0.717, 1.165) is 5.96 Å². The summed E-state index contributed by atoms with van der Waals surface area (Å²) in [6.45, 7) is 2.22. The first kappa shape index (κ1) is 13.5. The number of carbonyl (C=O) groups is 1. The third kappa shape index (κ3) is 3.49. The Hall–Kier alpha value is -1.98. The molecule has 6 nitrogen and oxygen atoms in total. The van der Waals surface area contributed by atoms with Crippen molar-refractivity contribution in [3.05, 3.63) is 23.2 Å². The van der Waals surface area contributed by atoms with Crippen LogP contribution in [0.2, 0.25) is 0 Å². The van der Waals surface area contributed by atoms with E-state index in [-0.39, 0.29) is 5.97 Å². The second-order valence-electron chi connectivity index (χ2n) is 4.52. The van der Waals surface area contributed by atoms with E-state index in [2.05, 4.69) is 20.4 Å². The van der Waals surface area contributed by atoms with Crippen molar-refractivity contribution in [2.45, 2.75) is 32.4 Å². The maximum absolute atomic E-state index is 11.5. The molecule has 2 rings (SSSR count). The van der Waals surface area contributed by atoms with Crippen molar-refractivity contribution in [3.8, 4) is 0 Å². The molecule has 0 amide bonds. The van der Waals surface area contributed by atoms with Gasteiger partial charge in [-0.05, 0) is 25.8 Å². The first-order valence-corrected chi connectivity index (χ1v) is 6.29. The van der Waals surface area contributed by atoms with Crippen molar-refractivity contribution in [2.75, 3.05) is 14.2 Å². The number of guanidine groups is 1. The maximum atomic E-state index is 11.5. The number of aliphatic imine (C=N–C) groups is 1. The monoisotopic (exact) mass is 265 g/mol. The van der Waals surface area contributed by atoms with Crippen molar-refractivity contribution in [2.24, 2.45) is 4.99 Å². The summed E-state index contributed by atoms with van der Waals surface area (Å²) in [5.41, 5.74) is 0.462. The molecule has 0 radical (unpaired) electrons. The third-order valence-electron chi connectivity index (χ3n) is 2.95. The van der Waals surface area contributed by atoms with Crippen LogP contribution >= 0.6 is 0 Å². The van der Waals surface area contributed by atoms with E-state index < -0.39 is 0 Å². The van der Waals surface area contributed by atoms with Crippen LogP contribution in [0.3, 0.4) is 0 Å². The van der Waals surface area contributed by atoms with Crippen LogP contribution in [-0.2, 0) is 11.3 Å². The lowest BCUT2D eigenvalue weighted by atomic mass is 10.2. The summed E-state index contributed by atoms with van der Waals surface area (Å²) >= 11 is 0. The summed E-state index contributed by atoms with van der Waals surface area (Å²) < 4.78 is 10.2. The molecule has 1 saturated carbocycles. The van der Waals surface area contributed by atoms with E-state index in [4.69, 9.17) is 4.42 Å². The van der Waals surface area contributed by atoms with Crippen LogP contribution in [0.1, 0.15) is 34.7 Å². The van der Waals surface area contributed by atoms with Gasteiger partial charge in [-0.1, -0.05) is 0 Å². The third-order valence-corrected chi connectivity index (χ3v) is 2.95. The predicted molar refractivity (Wildman–Crippen MR) is 71.1 cm³/mol. The lowest BCUT2D eigenvalue weighted by Crippen LogP contribution is -2.37. The largest absolute Gasteiger partial charge is 0.465 e. The number of hydrogen-bond donors (Lipinski definition) is 2. The zero-order chi connectivity index (χ0) is 13.8. The highest BCUT2D eigenvalue weighted by molar-refractivity contribution is 5.90. The molecule has 1 aromatic rings. The molecule has 0 unspecified atom stereocenters. The molecule has 1 heterocycles. The lowest BCUT2D eigenvalue weighted by Gasteiger charge is -2.09. The molecule has 1 aliphatic carbocycles. The molecule has 104 valence electrons. The Morgan fingerprint density at radius 1 is 1.58 bits per heavy atom. The Bertz CT molecular complexity index is 489. The maximum Gasteiger partial charge on any atom is 0.341 e. The number of esters is 1. The number of hydrogen-bond acceptors (Lipinski definition) is 4. The van der Waals surface area contributed by atoms with Crippen LogP contribution in [0, 0.1) is 6.92 Å². The molecule has 0 aromatic carbocycles. The number of methoxy groups -OCH3 is 1. The molecule has 1 fully saturated rings. The minimum atomic E-state index is -0.381. The molecule has 0 spiro atoms. The van der Waals surface area contributed by atoms with Gasteiger partial charge in [0.2, 0.25) is 0 Å². The minimum absolute atomic E-state index is 0.381. The van der Waals surface area contributed by atoms with Gasteiger partial charge in [0.15, 0.2) is 5.96 Å². The number of aryl methyl sites for hydroxylation is 1. The fraction of sp³-hybridized carbons (Fsp3) is 0.538. The highest BCUT2D eigenvalue weighted by Crippen LogP contribution is 2.18. The molecule has 2 N–H and O–H groups in total. The zero-order valence-corrected chi connectivity index (χ0v) is 11.4. The van der Waals surface area contributed by atoms with Crippen molar-refractivity contribution >= 4 is 11.9 Å². The number of nitrogens with one attached hydrogen (secondary N) is 2. The van der Waals surface area contributed by atoms with Crippen LogP contribution in [-0.4, -0.2) is 32.1 Å². The van der Waals surface area contributed by atoms with Gasteiger partial charge in [-0.3, -0.25) is 4.99 Å². The summed E-state index contributed by atoms with van der Waals surface area (Å²) in [6.07, 6.45) is 2.38. The second kappa shape index (κ2) is 5.77. The molecule has 6 heteroatoms. The van der Waals surface area contributed by atoms with Gasteiger partial charge in [-0.2, -0.15) is 0 Å². The standard InChI is InChI=1S/C13H19N3O3/c1-8-11(12(17)18-3)6-10(19-8)7-15-13(14-2)16-9-4-5-9/h6,9H,4-5,7H2,1-3H3,(H2,14,15,16). The summed E-state index contributed by atoms with van der Waals surface area (Å²) in [5, 5.41) is 6.42. The van der Waals surface area contributed by atoms with Gasteiger partial charge in [0.1, 0.15) is 17.1 Å². The fourth-order valence-electron chi connectivity index (χ4n) is 1.73. The van der Waals surface area contributed by atoms with E-state index >= 15 is 0 Å². The highest BCUT2D eigenvalue weighted by Gasteiger charge is 2.22.